The van der Waals surface area contributed by atoms with Gasteiger partial charge in [-0.2, -0.15) is 5.26 Å². The van der Waals surface area contributed by atoms with E-state index in [0.717, 1.165) is 16.1 Å². The average molecular weight is 597 g/mol. The Labute approximate surface area is 243 Å². The van der Waals surface area contributed by atoms with Crippen molar-refractivity contribution >= 4 is 68.5 Å². The second-order valence-electron chi connectivity index (χ2n) is 10.1. The van der Waals surface area contributed by atoms with Gasteiger partial charge in [0.2, 0.25) is 11.0 Å². The van der Waals surface area contributed by atoms with E-state index in [2.05, 4.69) is 35.4 Å². The minimum Gasteiger partial charge on any atom is -0.384 e. The molecule has 0 spiro atoms. The van der Waals surface area contributed by atoms with Gasteiger partial charge in [0, 0.05) is 33.3 Å². The number of carbonyl (C=O) groups excluding carboxylic acids is 2. The fourth-order valence-electron chi connectivity index (χ4n) is 4.91. The number of aromatic nitrogens is 2. The Morgan fingerprint density at radius 2 is 2.13 bits per heavy atom. The molecule has 0 radical (unpaired) electrons. The lowest BCUT2D eigenvalue weighted by Gasteiger charge is -2.42. The molecule has 2 aromatic heterocycles. The predicted octanol–water partition coefficient (Wildman–Crippen LogP) is 6.23. The van der Waals surface area contributed by atoms with E-state index in [1.54, 1.807) is 29.2 Å². The Morgan fingerprint density at radius 1 is 1.33 bits per heavy atom. The number of allylic oxidation sites excluding steroid dienone is 3. The average Bonchev–Trinajstić information content (AvgIpc) is 3.50. The molecule has 0 saturated carbocycles. The van der Waals surface area contributed by atoms with Gasteiger partial charge >= 0.3 is 0 Å². The summed E-state index contributed by atoms with van der Waals surface area (Å²) in [5.41, 5.74) is 9.73. The van der Waals surface area contributed by atoms with Crippen LogP contribution in [0.4, 0.5) is 10.8 Å². The van der Waals surface area contributed by atoms with Gasteiger partial charge in [0.05, 0.1) is 23.3 Å². The highest BCUT2D eigenvalue weighted by atomic mass is 35.5. The van der Waals surface area contributed by atoms with Crippen LogP contribution in [0, 0.1) is 23.7 Å². The fraction of sp³-hybridized carbons (Fsp3) is 0.296. The van der Waals surface area contributed by atoms with Gasteiger partial charge in [-0.1, -0.05) is 54.6 Å². The molecule has 1 aliphatic heterocycles. The number of carbonyl (C=O) groups is 2. The van der Waals surface area contributed by atoms with Crippen LogP contribution in [-0.2, 0) is 9.59 Å². The van der Waals surface area contributed by atoms with Gasteiger partial charge in [0.15, 0.2) is 10.1 Å². The molecule has 1 unspecified atom stereocenters. The van der Waals surface area contributed by atoms with Crippen LogP contribution in [-0.4, -0.2) is 27.6 Å². The predicted molar refractivity (Wildman–Crippen MR) is 157 cm³/mol. The van der Waals surface area contributed by atoms with Crippen LogP contribution in [0.15, 0.2) is 62.7 Å². The number of nitrogens with two attached hydrogens (primary N) is 1. The highest BCUT2D eigenvalue weighted by molar-refractivity contribution is 8.01. The Kier molecular flexibility index (Phi) is 7.57. The van der Waals surface area contributed by atoms with Crippen LogP contribution in [0.3, 0.4) is 0 Å². The van der Waals surface area contributed by atoms with Crippen LogP contribution < -0.4 is 16.0 Å². The summed E-state index contributed by atoms with van der Waals surface area (Å²) in [5.74, 6) is -0.314. The van der Waals surface area contributed by atoms with Gasteiger partial charge in [-0.15, -0.1) is 21.5 Å². The summed E-state index contributed by atoms with van der Waals surface area (Å²) < 4.78 is 0.567. The number of nitriles is 1. The number of hydrogen-bond donors (Lipinski definition) is 2. The molecule has 3 heterocycles. The number of hydrogen-bond acceptors (Lipinski definition) is 10. The van der Waals surface area contributed by atoms with E-state index in [0.29, 0.717) is 44.2 Å². The quantitative estimate of drug-likeness (QED) is 0.321. The molecule has 1 aromatic carbocycles. The smallest absolute Gasteiger partial charge is 0.234 e. The molecule has 1 amide bonds. The number of aryl methyl sites for hydroxylation is 1. The van der Waals surface area contributed by atoms with Crippen LogP contribution in [0.1, 0.15) is 43.0 Å². The number of nitrogens with zero attached hydrogens (tertiary/aromatic N) is 4. The van der Waals surface area contributed by atoms with Crippen molar-refractivity contribution in [3.05, 3.63) is 73.8 Å². The van der Waals surface area contributed by atoms with Crippen molar-refractivity contribution in [2.75, 3.05) is 16.0 Å². The molecular formula is C27H25ClN6O2S3. The molecule has 200 valence electrons. The zero-order valence-electron chi connectivity index (χ0n) is 21.4. The summed E-state index contributed by atoms with van der Waals surface area (Å²) >= 11 is 10.0. The first-order valence-electron chi connectivity index (χ1n) is 12.1. The van der Waals surface area contributed by atoms with Gasteiger partial charge in [0.1, 0.15) is 5.82 Å². The fourth-order valence-corrected chi connectivity index (χ4v) is 7.83. The number of Topliss-reactive ketones (excluding diaryl/α,β-unsaturated/α-hetero) is 1. The number of rotatable bonds is 6. The number of halogens is 1. The van der Waals surface area contributed by atoms with Crippen LogP contribution >= 0.6 is 46.0 Å². The number of anilines is 2. The summed E-state index contributed by atoms with van der Waals surface area (Å²) in [4.78, 5) is 28.8. The monoisotopic (exact) mass is 596 g/mol. The van der Waals surface area contributed by atoms with Gasteiger partial charge in [-0.05, 0) is 54.0 Å². The molecule has 8 nitrogen and oxygen atoms in total. The molecule has 1 aliphatic carbocycles. The van der Waals surface area contributed by atoms with Gasteiger partial charge in [0.25, 0.3) is 0 Å². The minimum absolute atomic E-state index is 0.0149. The molecule has 3 aromatic rings. The summed E-state index contributed by atoms with van der Waals surface area (Å²) in [6, 6.07) is 11.2. The molecule has 0 fully saturated rings. The first-order valence-corrected chi connectivity index (χ1v) is 15.2. The molecule has 39 heavy (non-hydrogen) atoms. The molecule has 0 saturated heterocycles. The topological polar surface area (TPSA) is 125 Å². The third kappa shape index (κ3) is 5.47. The van der Waals surface area contributed by atoms with Gasteiger partial charge < -0.3 is 11.1 Å². The zero-order chi connectivity index (χ0) is 27.9. The lowest BCUT2D eigenvalue weighted by molar-refractivity contribution is -0.118. The lowest BCUT2D eigenvalue weighted by Crippen LogP contribution is -2.42. The maximum absolute atomic E-state index is 13.6. The third-order valence-corrected chi connectivity index (χ3v) is 9.93. The van der Waals surface area contributed by atoms with Crippen molar-refractivity contribution in [1.29, 1.82) is 5.26 Å². The van der Waals surface area contributed by atoms with Crippen molar-refractivity contribution in [3.8, 4) is 6.07 Å². The summed E-state index contributed by atoms with van der Waals surface area (Å²) in [5, 5.41) is 24.6. The molecule has 2 aliphatic rings. The summed E-state index contributed by atoms with van der Waals surface area (Å²) in [7, 11) is 0. The molecule has 12 heteroatoms. The Balaban J connectivity index is 1.46. The van der Waals surface area contributed by atoms with E-state index in [9.17, 15) is 14.9 Å². The van der Waals surface area contributed by atoms with Crippen molar-refractivity contribution < 1.29 is 9.59 Å². The van der Waals surface area contributed by atoms with E-state index >= 15 is 0 Å². The standard InChI is InChI=1S/C27H25ClN6O2S3/c1-14-7-8-37-23(14)21-17(12-29)24(30)34(18-10-27(2,3)11-19(35)22(18)21)25-32-33-26(39-25)38-13-20(36)31-16-6-4-5-15(28)9-16/h4-9,21H,10-11,13,30H2,1-3H3,(H,31,36). The molecule has 5 rings (SSSR count). The second-order valence-corrected chi connectivity index (χ2v) is 13.7. The number of thioether (sulfide) groups is 1. The van der Waals surface area contributed by atoms with E-state index in [1.807, 2.05) is 18.4 Å². The van der Waals surface area contributed by atoms with Crippen LogP contribution in [0.2, 0.25) is 5.02 Å². The number of amides is 1. The normalized spacial score (nSPS) is 18.7. The Morgan fingerprint density at radius 3 is 2.82 bits per heavy atom. The van der Waals surface area contributed by atoms with Crippen molar-refractivity contribution in [2.45, 2.75) is 43.9 Å². The highest BCUT2D eigenvalue weighted by Crippen LogP contribution is 2.51. The van der Waals surface area contributed by atoms with E-state index in [-0.39, 0.29) is 28.7 Å². The first-order chi connectivity index (χ1) is 18.6. The number of benzene rings is 1. The largest absolute Gasteiger partial charge is 0.384 e. The van der Waals surface area contributed by atoms with Crippen molar-refractivity contribution in [1.82, 2.24) is 10.2 Å². The molecule has 0 bridgehead atoms. The maximum atomic E-state index is 13.6. The van der Waals surface area contributed by atoms with Gasteiger partial charge in [-0.3, -0.25) is 14.5 Å². The zero-order valence-corrected chi connectivity index (χ0v) is 24.7. The Bertz CT molecular complexity index is 1580. The van der Waals surface area contributed by atoms with Crippen LogP contribution in [0.25, 0.3) is 0 Å². The number of nitrogens with one attached hydrogen (secondary N) is 1. The number of thiophene rings is 1. The number of ketones is 1. The second kappa shape index (κ2) is 10.8. The maximum Gasteiger partial charge on any atom is 0.234 e. The van der Waals surface area contributed by atoms with E-state index in [1.165, 1.54) is 34.4 Å². The molecule has 1 atom stereocenters. The third-order valence-electron chi connectivity index (χ3n) is 6.57. The molecule has 3 N–H and O–H groups in total. The van der Waals surface area contributed by atoms with Crippen molar-refractivity contribution in [3.63, 3.8) is 0 Å². The highest BCUT2D eigenvalue weighted by Gasteiger charge is 2.46. The lowest BCUT2D eigenvalue weighted by atomic mass is 9.69. The summed E-state index contributed by atoms with van der Waals surface area (Å²) in [6.07, 6.45) is 0.983. The van der Waals surface area contributed by atoms with E-state index < -0.39 is 5.92 Å². The first kappa shape index (κ1) is 27.4. The van der Waals surface area contributed by atoms with Gasteiger partial charge in [-0.25, -0.2) is 0 Å². The SMILES string of the molecule is Cc1ccsc1C1C(C#N)=C(N)N(c2nnc(SCC(=O)Nc3cccc(Cl)c3)s2)C2=C1C(=O)CC(C)(C)C2. The summed E-state index contributed by atoms with van der Waals surface area (Å²) in [6.45, 7) is 6.09. The minimum atomic E-state index is -0.498. The van der Waals surface area contributed by atoms with Crippen LogP contribution in [0.5, 0.6) is 0 Å². The van der Waals surface area contributed by atoms with E-state index in [4.69, 9.17) is 17.3 Å². The Hall–Kier alpha value is -3.17. The molecular weight excluding hydrogens is 572 g/mol. The van der Waals surface area contributed by atoms with Crippen molar-refractivity contribution in [2.24, 2.45) is 11.1 Å².